The van der Waals surface area contributed by atoms with E-state index in [1.165, 1.54) is 6.20 Å². The van der Waals surface area contributed by atoms with E-state index in [4.69, 9.17) is 5.73 Å². The first-order valence-electron chi connectivity index (χ1n) is 5.40. The summed E-state index contributed by atoms with van der Waals surface area (Å²) in [5.41, 5.74) is 7.45. The highest BCUT2D eigenvalue weighted by Gasteiger charge is 2.07. The van der Waals surface area contributed by atoms with Gasteiger partial charge in [-0.05, 0) is 23.8 Å². The van der Waals surface area contributed by atoms with Crippen LogP contribution in [0.5, 0.6) is 0 Å². The zero-order valence-corrected chi connectivity index (χ0v) is 11.1. The van der Waals surface area contributed by atoms with Gasteiger partial charge in [0.2, 0.25) is 0 Å². The lowest BCUT2D eigenvalue weighted by Crippen LogP contribution is -2.24. The van der Waals surface area contributed by atoms with E-state index in [0.717, 1.165) is 10.0 Å². The molecule has 5 heteroatoms. The maximum Gasteiger partial charge on any atom is 0.270 e. The van der Waals surface area contributed by atoms with Gasteiger partial charge in [-0.1, -0.05) is 34.1 Å². The van der Waals surface area contributed by atoms with E-state index in [1.54, 1.807) is 12.1 Å². The molecule has 3 N–H and O–H groups in total. The minimum absolute atomic E-state index is 0.238. The van der Waals surface area contributed by atoms with E-state index in [1.807, 2.05) is 24.3 Å². The fourth-order valence-corrected chi connectivity index (χ4v) is 1.90. The number of nitrogens with two attached hydrogens (primary N) is 1. The molecule has 0 spiro atoms. The molecule has 92 valence electrons. The van der Waals surface area contributed by atoms with Crippen LogP contribution in [-0.4, -0.2) is 10.9 Å². The van der Waals surface area contributed by atoms with Gasteiger partial charge in [0.1, 0.15) is 5.69 Å². The third kappa shape index (κ3) is 3.07. The summed E-state index contributed by atoms with van der Waals surface area (Å²) < 4.78 is 0.964. The molecule has 2 aromatic rings. The first kappa shape index (κ1) is 12.6. The molecule has 18 heavy (non-hydrogen) atoms. The topological polar surface area (TPSA) is 68.0 Å². The standard InChI is InChI=1S/C13H12BrN3O/c14-11-4-2-1-3-9(11)8-17-13(18)12-7-10(15)5-6-16-12/h1-7H,8H2,(H2,15,16)(H,17,18). The number of carbonyl (C=O) groups excluding carboxylic acids is 1. The molecule has 4 nitrogen and oxygen atoms in total. The van der Waals surface area contributed by atoms with Crippen LogP contribution in [0.3, 0.4) is 0 Å². The number of hydrogen-bond acceptors (Lipinski definition) is 3. The fourth-order valence-electron chi connectivity index (χ4n) is 1.48. The quantitative estimate of drug-likeness (QED) is 0.914. The van der Waals surface area contributed by atoms with Crippen molar-refractivity contribution in [2.75, 3.05) is 5.73 Å². The third-order valence-electron chi connectivity index (χ3n) is 2.41. The largest absolute Gasteiger partial charge is 0.399 e. The molecule has 0 unspecified atom stereocenters. The van der Waals surface area contributed by atoms with Crippen LogP contribution in [0.25, 0.3) is 0 Å². The SMILES string of the molecule is Nc1ccnc(C(=O)NCc2ccccc2Br)c1. The van der Waals surface area contributed by atoms with Gasteiger partial charge in [-0.25, -0.2) is 0 Å². The first-order chi connectivity index (χ1) is 8.66. The summed E-state index contributed by atoms with van der Waals surface area (Å²) >= 11 is 3.43. The van der Waals surface area contributed by atoms with Gasteiger partial charge in [0.05, 0.1) is 0 Å². The molecule has 0 saturated carbocycles. The summed E-state index contributed by atoms with van der Waals surface area (Å²) in [6.07, 6.45) is 1.52. The van der Waals surface area contributed by atoms with Crippen molar-refractivity contribution in [1.29, 1.82) is 0 Å². The lowest BCUT2D eigenvalue weighted by molar-refractivity contribution is 0.0946. The Hall–Kier alpha value is -1.88. The van der Waals surface area contributed by atoms with Crippen molar-refractivity contribution in [2.24, 2.45) is 0 Å². The zero-order chi connectivity index (χ0) is 13.0. The number of carbonyl (C=O) groups is 1. The lowest BCUT2D eigenvalue weighted by atomic mass is 10.2. The number of aromatic nitrogens is 1. The Bertz CT molecular complexity index is 572. The number of nitrogens with one attached hydrogen (secondary N) is 1. The van der Waals surface area contributed by atoms with Gasteiger partial charge >= 0.3 is 0 Å². The molecule has 1 amide bonds. The number of benzene rings is 1. The Morgan fingerprint density at radius 1 is 1.33 bits per heavy atom. The van der Waals surface area contributed by atoms with Crippen LogP contribution >= 0.6 is 15.9 Å². The van der Waals surface area contributed by atoms with E-state index >= 15 is 0 Å². The molecule has 1 aromatic heterocycles. The normalized spacial score (nSPS) is 10.1. The number of amides is 1. The predicted molar refractivity (Wildman–Crippen MR) is 74.0 cm³/mol. The molecule has 0 saturated heterocycles. The summed E-state index contributed by atoms with van der Waals surface area (Å²) in [4.78, 5) is 15.8. The summed E-state index contributed by atoms with van der Waals surface area (Å²) in [7, 11) is 0. The maximum absolute atomic E-state index is 11.8. The van der Waals surface area contributed by atoms with Gasteiger partial charge in [0, 0.05) is 22.9 Å². The van der Waals surface area contributed by atoms with Gasteiger partial charge in [-0.3, -0.25) is 9.78 Å². The summed E-state index contributed by atoms with van der Waals surface area (Å²) in [6, 6.07) is 10.9. The van der Waals surface area contributed by atoms with Crippen LogP contribution < -0.4 is 11.1 Å². The molecule has 0 aliphatic rings. The summed E-state index contributed by atoms with van der Waals surface area (Å²) in [5, 5.41) is 2.80. The molecule has 0 atom stereocenters. The predicted octanol–water partition coefficient (Wildman–Crippen LogP) is 2.36. The number of anilines is 1. The van der Waals surface area contributed by atoms with Gasteiger partial charge in [-0.2, -0.15) is 0 Å². The summed E-state index contributed by atoms with van der Waals surface area (Å²) in [6.45, 7) is 0.441. The highest BCUT2D eigenvalue weighted by Crippen LogP contribution is 2.15. The Balaban J connectivity index is 2.03. The van der Waals surface area contributed by atoms with Gasteiger partial charge in [0.15, 0.2) is 0 Å². The van der Waals surface area contributed by atoms with E-state index < -0.39 is 0 Å². The number of nitrogen functional groups attached to an aromatic ring is 1. The van der Waals surface area contributed by atoms with Crippen molar-refractivity contribution in [3.05, 3.63) is 58.3 Å². The second kappa shape index (κ2) is 5.64. The zero-order valence-electron chi connectivity index (χ0n) is 9.56. The third-order valence-corrected chi connectivity index (χ3v) is 3.19. The molecule has 0 aliphatic carbocycles. The number of nitrogens with zero attached hydrogens (tertiary/aromatic N) is 1. The van der Waals surface area contributed by atoms with Gasteiger partial charge in [-0.15, -0.1) is 0 Å². The smallest absolute Gasteiger partial charge is 0.270 e. The van der Waals surface area contributed by atoms with Gasteiger partial charge in [0.25, 0.3) is 5.91 Å². The maximum atomic E-state index is 11.8. The van der Waals surface area contributed by atoms with Crippen LogP contribution in [0, 0.1) is 0 Å². The van der Waals surface area contributed by atoms with Crippen LogP contribution in [0.1, 0.15) is 16.1 Å². The van der Waals surface area contributed by atoms with Crippen molar-refractivity contribution in [3.63, 3.8) is 0 Å². The van der Waals surface area contributed by atoms with E-state index in [2.05, 4.69) is 26.2 Å². The Labute approximate surface area is 113 Å². The van der Waals surface area contributed by atoms with Crippen LogP contribution in [0.15, 0.2) is 47.1 Å². The number of hydrogen-bond donors (Lipinski definition) is 2. The number of rotatable bonds is 3. The van der Waals surface area contributed by atoms with Crippen LogP contribution in [0.4, 0.5) is 5.69 Å². The van der Waals surface area contributed by atoms with E-state index in [9.17, 15) is 4.79 Å². The molecule has 0 aliphatic heterocycles. The Morgan fingerprint density at radius 3 is 2.83 bits per heavy atom. The monoisotopic (exact) mass is 305 g/mol. The number of pyridine rings is 1. The Kier molecular flexibility index (Phi) is 3.94. The van der Waals surface area contributed by atoms with Crippen molar-refractivity contribution in [3.8, 4) is 0 Å². The minimum atomic E-state index is -0.238. The van der Waals surface area contributed by atoms with Crippen molar-refractivity contribution < 1.29 is 4.79 Å². The highest BCUT2D eigenvalue weighted by atomic mass is 79.9. The Morgan fingerprint density at radius 2 is 2.11 bits per heavy atom. The minimum Gasteiger partial charge on any atom is -0.399 e. The first-order valence-corrected chi connectivity index (χ1v) is 6.19. The number of halogens is 1. The summed E-state index contributed by atoms with van der Waals surface area (Å²) in [5.74, 6) is -0.238. The average molecular weight is 306 g/mol. The average Bonchev–Trinajstić information content (AvgIpc) is 2.37. The second-order valence-corrected chi connectivity index (χ2v) is 4.60. The molecule has 0 fully saturated rings. The van der Waals surface area contributed by atoms with E-state index in [0.29, 0.717) is 17.9 Å². The molecule has 2 rings (SSSR count). The lowest BCUT2D eigenvalue weighted by Gasteiger charge is -2.06. The highest BCUT2D eigenvalue weighted by molar-refractivity contribution is 9.10. The molecule has 1 aromatic carbocycles. The van der Waals surface area contributed by atoms with Crippen LogP contribution in [0.2, 0.25) is 0 Å². The molecule has 0 bridgehead atoms. The second-order valence-electron chi connectivity index (χ2n) is 3.75. The van der Waals surface area contributed by atoms with Crippen molar-refractivity contribution in [2.45, 2.75) is 6.54 Å². The van der Waals surface area contributed by atoms with Crippen molar-refractivity contribution >= 4 is 27.5 Å². The van der Waals surface area contributed by atoms with E-state index in [-0.39, 0.29) is 5.91 Å². The van der Waals surface area contributed by atoms with Crippen LogP contribution in [-0.2, 0) is 6.54 Å². The molecular formula is C13H12BrN3O. The fraction of sp³-hybridized carbons (Fsp3) is 0.0769. The van der Waals surface area contributed by atoms with Gasteiger partial charge < -0.3 is 11.1 Å². The molecule has 0 radical (unpaired) electrons. The molecule has 1 heterocycles. The molecular weight excluding hydrogens is 294 g/mol. The van der Waals surface area contributed by atoms with Crippen molar-refractivity contribution in [1.82, 2.24) is 10.3 Å².